The summed E-state index contributed by atoms with van der Waals surface area (Å²) < 4.78 is 4.90. The van der Waals surface area contributed by atoms with Gasteiger partial charge in [0.2, 0.25) is 0 Å². The third-order valence-electron chi connectivity index (χ3n) is 2.13. The molecule has 4 nitrogen and oxygen atoms in total. The first-order valence-corrected chi connectivity index (χ1v) is 5.47. The van der Waals surface area contributed by atoms with Crippen LogP contribution >= 0.6 is 0 Å². The highest BCUT2D eigenvalue weighted by atomic mass is 16.5. The summed E-state index contributed by atoms with van der Waals surface area (Å²) in [5.41, 5.74) is 0. The molecule has 1 rings (SSSR count). The van der Waals surface area contributed by atoms with Crippen molar-refractivity contribution in [3.05, 3.63) is 0 Å². The Labute approximate surface area is 89.8 Å². The first-order chi connectivity index (χ1) is 7.33. The second-order valence-electron chi connectivity index (χ2n) is 3.48. The zero-order valence-electron chi connectivity index (χ0n) is 9.11. The second kappa shape index (κ2) is 7.04. The number of unbranched alkanes of at least 4 members (excludes halogenated alkanes) is 4. The van der Waals surface area contributed by atoms with Crippen molar-refractivity contribution in [3.63, 3.8) is 0 Å². The van der Waals surface area contributed by atoms with E-state index < -0.39 is 0 Å². The zero-order valence-corrected chi connectivity index (χ0v) is 9.11. The molecular formula is C11H17N2O2+. The monoisotopic (exact) mass is 209 g/mol. The van der Waals surface area contributed by atoms with Crippen LogP contribution in [-0.4, -0.2) is 24.4 Å². The van der Waals surface area contributed by atoms with E-state index in [4.69, 9.17) is 4.42 Å². The summed E-state index contributed by atoms with van der Waals surface area (Å²) in [7, 11) is 0. The molecule has 0 saturated heterocycles. The highest BCUT2D eigenvalue weighted by Crippen LogP contribution is 2.07. The Bertz CT molecular complexity index is 279. The highest BCUT2D eigenvalue weighted by molar-refractivity contribution is 6.25. The molecule has 0 spiro atoms. The summed E-state index contributed by atoms with van der Waals surface area (Å²) in [6, 6.07) is 0.161. The number of hydrogen-bond donors (Lipinski definition) is 0. The zero-order chi connectivity index (χ0) is 10.9. The Morgan fingerprint density at radius 2 is 1.87 bits per heavy atom. The Morgan fingerprint density at radius 3 is 2.53 bits per heavy atom. The van der Waals surface area contributed by atoms with Gasteiger partial charge in [0.15, 0.2) is 0 Å². The number of nitrogens with zero attached hydrogens (tertiary/aromatic N) is 2. The molecule has 0 fully saturated rings. The summed E-state index contributed by atoms with van der Waals surface area (Å²) in [6.45, 7) is 2.17. The Balaban J connectivity index is 2.11. The van der Waals surface area contributed by atoms with Crippen LogP contribution in [0.1, 0.15) is 45.4 Å². The summed E-state index contributed by atoms with van der Waals surface area (Å²) in [5.74, 6) is -0.238. The lowest BCUT2D eigenvalue weighted by Crippen LogP contribution is -1.93. The summed E-state index contributed by atoms with van der Waals surface area (Å²) in [6.07, 6.45) is 9.08. The fourth-order valence-corrected chi connectivity index (χ4v) is 1.31. The van der Waals surface area contributed by atoms with E-state index in [0.717, 1.165) is 12.8 Å². The average Bonchev–Trinajstić information content (AvgIpc) is 2.70. The smallest absolute Gasteiger partial charge is 0.232 e. The van der Waals surface area contributed by atoms with Crippen molar-refractivity contribution >= 4 is 24.4 Å². The van der Waals surface area contributed by atoms with Crippen LogP contribution in [0.2, 0.25) is 0 Å². The van der Waals surface area contributed by atoms with Crippen LogP contribution in [0.3, 0.4) is 0 Å². The van der Waals surface area contributed by atoms with Crippen LogP contribution in [-0.2, 0) is 4.79 Å². The van der Waals surface area contributed by atoms with E-state index in [-0.39, 0.29) is 12.0 Å². The van der Waals surface area contributed by atoms with Gasteiger partial charge in [0.1, 0.15) is 6.42 Å². The largest absolute Gasteiger partial charge is 0.583 e. The number of urea groups is 1. The van der Waals surface area contributed by atoms with Crippen molar-refractivity contribution in [2.24, 2.45) is 9.98 Å². The van der Waals surface area contributed by atoms with E-state index in [1.165, 1.54) is 31.7 Å². The normalized spacial score (nSPS) is 13.5. The van der Waals surface area contributed by atoms with E-state index in [0.29, 0.717) is 6.42 Å². The summed E-state index contributed by atoms with van der Waals surface area (Å²) >= 11 is 0. The highest BCUT2D eigenvalue weighted by Gasteiger charge is 2.16. The van der Waals surface area contributed by atoms with Crippen LogP contribution in [0.5, 0.6) is 0 Å². The lowest BCUT2D eigenvalue weighted by atomic mass is 10.1. The molecule has 1 aliphatic rings. The van der Waals surface area contributed by atoms with Crippen LogP contribution in [0.4, 0.5) is 4.42 Å². The van der Waals surface area contributed by atoms with Crippen LogP contribution in [0.25, 0.3) is 0 Å². The van der Waals surface area contributed by atoms with Crippen molar-refractivity contribution in [2.45, 2.75) is 45.4 Å². The van der Waals surface area contributed by atoms with E-state index in [1.807, 2.05) is 0 Å². The van der Waals surface area contributed by atoms with Crippen LogP contribution in [0.15, 0.2) is 9.98 Å². The molecule has 1 aliphatic heterocycles. The second-order valence-corrected chi connectivity index (χ2v) is 3.48. The molecule has 0 aromatic carbocycles. The molecular weight excluding hydrogens is 192 g/mol. The molecule has 82 valence electrons. The van der Waals surface area contributed by atoms with Gasteiger partial charge in [-0.1, -0.05) is 32.6 Å². The van der Waals surface area contributed by atoms with E-state index in [2.05, 4.69) is 16.9 Å². The molecule has 4 heteroatoms. The molecule has 0 aromatic heterocycles. The summed E-state index contributed by atoms with van der Waals surface area (Å²) in [5, 5.41) is 0. The molecule has 0 aliphatic carbocycles. The minimum Gasteiger partial charge on any atom is -0.232 e. The predicted molar refractivity (Wildman–Crippen MR) is 60.8 cm³/mol. The minimum absolute atomic E-state index is 0.161. The molecule has 0 radical (unpaired) electrons. The molecule has 0 aromatic rings. The Morgan fingerprint density at radius 1 is 1.20 bits per heavy atom. The third kappa shape index (κ3) is 5.20. The number of rotatable bonds is 6. The first kappa shape index (κ1) is 11.8. The van der Waals surface area contributed by atoms with Crippen molar-refractivity contribution in [3.8, 4) is 0 Å². The van der Waals surface area contributed by atoms with Gasteiger partial charge in [-0.15, -0.1) is 0 Å². The molecule has 0 atom stereocenters. The number of aliphatic imine (C=N–C) groups is 2. The van der Waals surface area contributed by atoms with Crippen molar-refractivity contribution in [2.75, 3.05) is 0 Å². The van der Waals surface area contributed by atoms with Crippen molar-refractivity contribution in [1.29, 1.82) is 0 Å². The topological polar surface area (TPSA) is 53.1 Å². The summed E-state index contributed by atoms with van der Waals surface area (Å²) in [4.78, 5) is 18.8. The van der Waals surface area contributed by atoms with Crippen molar-refractivity contribution < 1.29 is 9.22 Å². The van der Waals surface area contributed by atoms with Crippen LogP contribution in [0, 0.1) is 0 Å². The third-order valence-corrected chi connectivity index (χ3v) is 2.13. The van der Waals surface area contributed by atoms with E-state index in [9.17, 15) is 4.79 Å². The van der Waals surface area contributed by atoms with Gasteiger partial charge in [0.25, 0.3) is 0 Å². The Hall–Kier alpha value is -1.32. The van der Waals surface area contributed by atoms with Crippen LogP contribution < -0.4 is 0 Å². The first-order valence-electron chi connectivity index (χ1n) is 5.47. The molecule has 0 N–H and O–H groups in total. The van der Waals surface area contributed by atoms with Gasteiger partial charge >= 0.3 is 12.0 Å². The van der Waals surface area contributed by atoms with Gasteiger partial charge in [0.05, 0.1) is 12.4 Å². The number of carbonyl (C=O) groups excluding carboxylic acids is 2. The number of hydrogen-bond acceptors (Lipinski definition) is 1. The van der Waals surface area contributed by atoms with Gasteiger partial charge < -0.3 is 0 Å². The fraction of sp³-hybridized carbons (Fsp3) is 0.636. The Kier molecular flexibility index (Phi) is 5.51. The maximum Gasteiger partial charge on any atom is 0.583 e. The standard InChI is InChI=1S/C11H17N2O2/c1-2-3-4-5-6-7-10(14)15-11-12-8-9-13-11/h8-9H,2-7H2,1H3/q+1. The van der Waals surface area contributed by atoms with Gasteiger partial charge in [-0.2, -0.15) is 9.98 Å². The lowest BCUT2D eigenvalue weighted by Gasteiger charge is -1.93. The van der Waals surface area contributed by atoms with E-state index in [1.54, 1.807) is 0 Å². The maximum absolute atomic E-state index is 11.2. The molecule has 0 bridgehead atoms. The molecule has 2 amide bonds. The number of carbonyl (C=O) groups is 1. The number of amides is 2. The molecule has 0 unspecified atom stereocenters. The minimum atomic E-state index is -0.238. The molecule has 0 saturated carbocycles. The molecule has 15 heavy (non-hydrogen) atoms. The van der Waals surface area contributed by atoms with E-state index >= 15 is 0 Å². The van der Waals surface area contributed by atoms with Gasteiger partial charge in [0, 0.05) is 4.79 Å². The van der Waals surface area contributed by atoms with Gasteiger partial charge in [-0.25, -0.2) is 4.42 Å². The maximum atomic E-state index is 11.2. The van der Waals surface area contributed by atoms with Gasteiger partial charge in [-0.05, 0) is 6.42 Å². The molecule has 1 heterocycles. The average molecular weight is 209 g/mol. The van der Waals surface area contributed by atoms with Gasteiger partial charge in [-0.3, -0.25) is 0 Å². The lowest BCUT2D eigenvalue weighted by molar-refractivity contribution is -0.190. The predicted octanol–water partition coefficient (Wildman–Crippen LogP) is 2.68. The quantitative estimate of drug-likeness (QED) is 0.490. The van der Waals surface area contributed by atoms with Crippen molar-refractivity contribution in [1.82, 2.24) is 0 Å². The fourth-order valence-electron chi connectivity index (χ4n) is 1.31. The SMILES string of the molecule is CCCCCCCC(=O)[O+]=C1N=CC=N1.